The Kier molecular flexibility index (Phi) is 4.22. The Hall–Kier alpha value is -0.820. The third-order valence-electron chi connectivity index (χ3n) is 3.93. The van der Waals surface area contributed by atoms with Crippen molar-refractivity contribution in [2.45, 2.75) is 58.0 Å². The number of fused-ring (bicyclic) bond motifs is 1. The lowest BCUT2D eigenvalue weighted by molar-refractivity contribution is 0.129. The fourth-order valence-electron chi connectivity index (χ4n) is 2.93. The van der Waals surface area contributed by atoms with Crippen LogP contribution in [0, 0.1) is 5.92 Å². The highest BCUT2D eigenvalue weighted by molar-refractivity contribution is 5.35. The molecule has 1 aromatic carbocycles. The van der Waals surface area contributed by atoms with Crippen LogP contribution in [0.5, 0.6) is 0 Å². The summed E-state index contributed by atoms with van der Waals surface area (Å²) in [6.07, 6.45) is 5.46. The van der Waals surface area contributed by atoms with E-state index in [9.17, 15) is 5.11 Å². The van der Waals surface area contributed by atoms with Crippen LogP contribution in [-0.4, -0.2) is 11.2 Å². The third kappa shape index (κ3) is 3.10. The molecule has 0 spiro atoms. The predicted molar refractivity (Wildman–Crippen MR) is 72.2 cm³/mol. The molecule has 0 saturated carbocycles. The molecule has 1 aliphatic carbocycles. The molecule has 2 unspecified atom stereocenters. The second-order valence-electron chi connectivity index (χ2n) is 5.74. The molecule has 17 heavy (non-hydrogen) atoms. The summed E-state index contributed by atoms with van der Waals surface area (Å²) < 4.78 is 0. The molecule has 0 radical (unpaired) electrons. The number of hydrogen-bond donors (Lipinski definition) is 1. The van der Waals surface area contributed by atoms with Gasteiger partial charge in [-0.1, -0.05) is 51.0 Å². The van der Waals surface area contributed by atoms with Gasteiger partial charge in [0.05, 0.1) is 6.10 Å². The summed E-state index contributed by atoms with van der Waals surface area (Å²) in [5, 5.41) is 10.3. The summed E-state index contributed by atoms with van der Waals surface area (Å²) >= 11 is 0. The lowest BCUT2D eigenvalue weighted by Crippen LogP contribution is -2.16. The summed E-state index contributed by atoms with van der Waals surface area (Å²) in [5.74, 6) is 1.14. The van der Waals surface area contributed by atoms with Crippen molar-refractivity contribution in [3.8, 4) is 0 Å². The maximum Gasteiger partial charge on any atom is 0.0608 e. The molecule has 0 heterocycles. The minimum absolute atomic E-state index is 0.141. The first-order valence-electron chi connectivity index (χ1n) is 6.94. The first-order valence-corrected chi connectivity index (χ1v) is 6.94. The van der Waals surface area contributed by atoms with E-state index in [1.807, 2.05) is 0 Å². The van der Waals surface area contributed by atoms with Gasteiger partial charge in [0.1, 0.15) is 0 Å². The molecule has 1 aromatic rings. The number of aryl methyl sites for hydroxylation is 1. The molecule has 1 heteroatoms. The summed E-state index contributed by atoms with van der Waals surface area (Å²) in [7, 11) is 0. The van der Waals surface area contributed by atoms with Crippen LogP contribution in [0.3, 0.4) is 0 Å². The van der Waals surface area contributed by atoms with Gasteiger partial charge in [0.25, 0.3) is 0 Å². The third-order valence-corrected chi connectivity index (χ3v) is 3.93. The van der Waals surface area contributed by atoms with Crippen molar-refractivity contribution in [1.29, 1.82) is 0 Å². The zero-order chi connectivity index (χ0) is 12.3. The van der Waals surface area contributed by atoms with Crippen LogP contribution < -0.4 is 0 Å². The first-order chi connectivity index (χ1) is 8.18. The molecular formula is C16H24O. The van der Waals surface area contributed by atoms with E-state index >= 15 is 0 Å². The molecular weight excluding hydrogens is 208 g/mol. The van der Waals surface area contributed by atoms with Crippen molar-refractivity contribution >= 4 is 0 Å². The summed E-state index contributed by atoms with van der Waals surface area (Å²) in [6.45, 7) is 4.49. The largest absolute Gasteiger partial charge is 0.392 e. The minimum Gasteiger partial charge on any atom is -0.392 e. The minimum atomic E-state index is -0.141. The quantitative estimate of drug-likeness (QED) is 0.816. The van der Waals surface area contributed by atoms with Crippen LogP contribution in [0.4, 0.5) is 0 Å². The van der Waals surface area contributed by atoms with Crippen molar-refractivity contribution in [2.24, 2.45) is 5.92 Å². The van der Waals surface area contributed by atoms with Crippen LogP contribution >= 0.6 is 0 Å². The molecule has 1 aliphatic rings. The number of rotatable bonds is 5. The Balaban J connectivity index is 1.91. The monoisotopic (exact) mass is 232 g/mol. The molecule has 0 amide bonds. The molecule has 0 aliphatic heterocycles. The Morgan fingerprint density at radius 1 is 1.24 bits per heavy atom. The lowest BCUT2D eigenvalue weighted by atomic mass is 9.91. The zero-order valence-corrected chi connectivity index (χ0v) is 11.0. The molecule has 0 aromatic heterocycles. The van der Waals surface area contributed by atoms with Gasteiger partial charge < -0.3 is 5.11 Å². The van der Waals surface area contributed by atoms with Gasteiger partial charge in [0.15, 0.2) is 0 Å². The van der Waals surface area contributed by atoms with Crippen LogP contribution in [-0.2, 0) is 6.42 Å². The first kappa shape index (κ1) is 12.6. The summed E-state index contributed by atoms with van der Waals surface area (Å²) in [6, 6.07) is 8.60. The maximum atomic E-state index is 10.3. The van der Waals surface area contributed by atoms with Crippen molar-refractivity contribution in [1.82, 2.24) is 0 Å². The summed E-state index contributed by atoms with van der Waals surface area (Å²) in [5.41, 5.74) is 2.84. The van der Waals surface area contributed by atoms with Gasteiger partial charge in [-0.25, -0.2) is 0 Å². The smallest absolute Gasteiger partial charge is 0.0608 e. The van der Waals surface area contributed by atoms with Gasteiger partial charge in [0, 0.05) is 5.92 Å². The highest BCUT2D eigenvalue weighted by Gasteiger charge is 2.27. The zero-order valence-electron chi connectivity index (χ0n) is 11.0. The number of hydrogen-bond acceptors (Lipinski definition) is 1. The number of benzene rings is 1. The van der Waals surface area contributed by atoms with Crippen molar-refractivity contribution < 1.29 is 5.11 Å². The van der Waals surface area contributed by atoms with Gasteiger partial charge in [-0.05, 0) is 36.3 Å². The lowest BCUT2D eigenvalue weighted by Gasteiger charge is -2.19. The molecule has 2 atom stereocenters. The molecule has 1 N–H and O–H groups in total. The average molecular weight is 232 g/mol. The van der Waals surface area contributed by atoms with E-state index in [1.165, 1.54) is 17.5 Å². The van der Waals surface area contributed by atoms with Crippen LogP contribution in [0.15, 0.2) is 24.3 Å². The second-order valence-corrected chi connectivity index (χ2v) is 5.74. The standard InChI is InChI=1S/C16H24O/c1-12(2)6-5-9-16(17)15-11-10-13-7-3-4-8-14(13)15/h3-4,7-8,12,15-17H,5-6,9-11H2,1-2H3. The highest BCUT2D eigenvalue weighted by atomic mass is 16.3. The van der Waals surface area contributed by atoms with Crippen molar-refractivity contribution in [2.75, 3.05) is 0 Å². The number of aliphatic hydroxyl groups excluding tert-OH is 1. The Morgan fingerprint density at radius 2 is 2.00 bits per heavy atom. The van der Waals surface area contributed by atoms with Crippen LogP contribution in [0.1, 0.15) is 56.6 Å². The van der Waals surface area contributed by atoms with E-state index in [4.69, 9.17) is 0 Å². The van der Waals surface area contributed by atoms with Gasteiger partial charge >= 0.3 is 0 Å². The second kappa shape index (κ2) is 5.68. The normalized spacial score (nSPS) is 20.6. The van der Waals surface area contributed by atoms with Crippen LogP contribution in [0.25, 0.3) is 0 Å². The molecule has 0 bridgehead atoms. The van der Waals surface area contributed by atoms with E-state index in [2.05, 4.69) is 38.1 Å². The Labute approximate surface area is 105 Å². The van der Waals surface area contributed by atoms with Crippen LogP contribution in [0.2, 0.25) is 0 Å². The fraction of sp³-hybridized carbons (Fsp3) is 0.625. The Morgan fingerprint density at radius 3 is 2.76 bits per heavy atom. The molecule has 0 fully saturated rings. The summed E-state index contributed by atoms with van der Waals surface area (Å²) in [4.78, 5) is 0. The highest BCUT2D eigenvalue weighted by Crippen LogP contribution is 2.36. The van der Waals surface area contributed by atoms with E-state index < -0.39 is 0 Å². The van der Waals surface area contributed by atoms with Gasteiger partial charge in [-0.2, -0.15) is 0 Å². The SMILES string of the molecule is CC(C)CCCC(O)C1CCc2ccccc21. The van der Waals surface area contributed by atoms with Crippen molar-refractivity contribution in [3.63, 3.8) is 0 Å². The number of aliphatic hydroxyl groups is 1. The van der Waals surface area contributed by atoms with Gasteiger partial charge in [-0.3, -0.25) is 0 Å². The molecule has 2 rings (SSSR count). The molecule has 94 valence electrons. The van der Waals surface area contributed by atoms with Gasteiger partial charge in [-0.15, -0.1) is 0 Å². The average Bonchev–Trinajstić information content (AvgIpc) is 2.72. The molecule has 0 saturated heterocycles. The maximum absolute atomic E-state index is 10.3. The fourth-order valence-corrected chi connectivity index (χ4v) is 2.93. The van der Waals surface area contributed by atoms with E-state index in [1.54, 1.807) is 0 Å². The van der Waals surface area contributed by atoms with E-state index in [0.29, 0.717) is 5.92 Å². The van der Waals surface area contributed by atoms with Crippen molar-refractivity contribution in [3.05, 3.63) is 35.4 Å². The predicted octanol–water partition coefficient (Wildman–Crippen LogP) is 3.90. The van der Waals surface area contributed by atoms with E-state index in [-0.39, 0.29) is 6.10 Å². The van der Waals surface area contributed by atoms with E-state index in [0.717, 1.165) is 31.6 Å². The van der Waals surface area contributed by atoms with Gasteiger partial charge in [0.2, 0.25) is 0 Å². The topological polar surface area (TPSA) is 20.2 Å². The molecule has 1 nitrogen and oxygen atoms in total. The Bertz CT molecular complexity index is 356.